The molecule has 0 spiro atoms. The molecule has 0 unspecified atom stereocenters. The first kappa shape index (κ1) is 15.9. The van der Waals surface area contributed by atoms with E-state index >= 15 is 0 Å². The number of nitrogens with two attached hydrogens (primary N) is 2. The summed E-state index contributed by atoms with van der Waals surface area (Å²) >= 11 is 8.43. The minimum absolute atomic E-state index is 0.0526. The van der Waals surface area contributed by atoms with Crippen LogP contribution in [0.15, 0.2) is 51.8 Å². The third-order valence-electron chi connectivity index (χ3n) is 2.72. The van der Waals surface area contributed by atoms with E-state index in [1.807, 2.05) is 18.2 Å². The minimum atomic E-state index is -3.70. The van der Waals surface area contributed by atoms with Gasteiger partial charge in [-0.25, -0.2) is 13.6 Å². The number of rotatable bonds is 4. The molecule has 5 N–H and O–H groups in total. The van der Waals surface area contributed by atoms with Crippen molar-refractivity contribution in [1.82, 2.24) is 0 Å². The fourth-order valence-electron chi connectivity index (χ4n) is 1.76. The van der Waals surface area contributed by atoms with Gasteiger partial charge in [0.1, 0.15) is 4.99 Å². The van der Waals surface area contributed by atoms with E-state index < -0.39 is 10.0 Å². The highest BCUT2D eigenvalue weighted by molar-refractivity contribution is 9.10. The van der Waals surface area contributed by atoms with E-state index in [2.05, 4.69) is 21.2 Å². The van der Waals surface area contributed by atoms with Gasteiger partial charge in [-0.05, 0) is 52.3 Å². The van der Waals surface area contributed by atoms with Crippen LogP contribution in [0, 0.1) is 0 Å². The summed E-state index contributed by atoms with van der Waals surface area (Å²) in [5.74, 6) is 0. The van der Waals surface area contributed by atoms with Crippen LogP contribution in [0.4, 0.5) is 11.4 Å². The molecule has 0 heterocycles. The zero-order valence-electron chi connectivity index (χ0n) is 10.7. The predicted octanol–water partition coefficient (Wildman–Crippen LogP) is 2.47. The number of anilines is 2. The average Bonchev–Trinajstić information content (AvgIpc) is 2.38. The molecule has 2 aromatic carbocycles. The van der Waals surface area contributed by atoms with Crippen molar-refractivity contribution in [2.75, 3.05) is 5.32 Å². The lowest BCUT2D eigenvalue weighted by Gasteiger charge is -2.13. The maximum absolute atomic E-state index is 11.2. The van der Waals surface area contributed by atoms with Gasteiger partial charge in [0.15, 0.2) is 0 Å². The Morgan fingerprint density at radius 1 is 1.14 bits per heavy atom. The second kappa shape index (κ2) is 6.10. The Balaban J connectivity index is 2.35. The van der Waals surface area contributed by atoms with Crippen molar-refractivity contribution in [3.05, 3.63) is 52.5 Å². The Labute approximate surface area is 136 Å². The molecule has 0 aromatic heterocycles. The van der Waals surface area contributed by atoms with E-state index in [9.17, 15) is 8.42 Å². The monoisotopic (exact) mass is 385 g/mol. The molecule has 0 radical (unpaired) electrons. The third kappa shape index (κ3) is 3.79. The molecule has 21 heavy (non-hydrogen) atoms. The van der Waals surface area contributed by atoms with Gasteiger partial charge in [0.2, 0.25) is 10.0 Å². The van der Waals surface area contributed by atoms with Gasteiger partial charge < -0.3 is 11.1 Å². The highest BCUT2D eigenvalue weighted by atomic mass is 79.9. The third-order valence-corrected chi connectivity index (χ3v) is 4.52. The second-order valence-electron chi connectivity index (χ2n) is 4.22. The van der Waals surface area contributed by atoms with Crippen LogP contribution >= 0.6 is 28.1 Å². The number of hydrogen-bond acceptors (Lipinski definition) is 4. The van der Waals surface area contributed by atoms with Crippen molar-refractivity contribution in [2.45, 2.75) is 4.90 Å². The Morgan fingerprint density at radius 3 is 2.29 bits per heavy atom. The molecule has 0 fully saturated rings. The van der Waals surface area contributed by atoms with Gasteiger partial charge in [0, 0.05) is 21.4 Å². The first-order chi connectivity index (χ1) is 9.79. The number of hydrogen-bond donors (Lipinski definition) is 3. The van der Waals surface area contributed by atoms with Crippen LogP contribution in [0.25, 0.3) is 0 Å². The summed E-state index contributed by atoms with van der Waals surface area (Å²) in [5.41, 5.74) is 7.81. The van der Waals surface area contributed by atoms with Crippen LogP contribution < -0.4 is 16.2 Å². The van der Waals surface area contributed by atoms with Crippen molar-refractivity contribution < 1.29 is 8.42 Å². The molecule has 110 valence electrons. The molecule has 0 amide bonds. The number of primary sulfonamides is 1. The predicted molar refractivity (Wildman–Crippen MR) is 91.1 cm³/mol. The summed E-state index contributed by atoms with van der Waals surface area (Å²) < 4.78 is 23.2. The van der Waals surface area contributed by atoms with Crippen LogP contribution in [-0.4, -0.2) is 13.4 Å². The normalized spacial score (nSPS) is 11.1. The maximum Gasteiger partial charge on any atom is 0.238 e. The van der Waals surface area contributed by atoms with Crippen LogP contribution in [-0.2, 0) is 10.0 Å². The Morgan fingerprint density at radius 2 is 1.76 bits per heavy atom. The Hall–Kier alpha value is -1.48. The van der Waals surface area contributed by atoms with Gasteiger partial charge in [-0.2, -0.15) is 0 Å². The zero-order chi connectivity index (χ0) is 15.6. The lowest BCUT2D eigenvalue weighted by molar-refractivity contribution is 0.598. The number of sulfonamides is 1. The van der Waals surface area contributed by atoms with E-state index in [4.69, 9.17) is 23.1 Å². The maximum atomic E-state index is 11.2. The van der Waals surface area contributed by atoms with Gasteiger partial charge in [0.05, 0.1) is 4.90 Å². The molecule has 8 heteroatoms. The van der Waals surface area contributed by atoms with Gasteiger partial charge in [0.25, 0.3) is 0 Å². The summed E-state index contributed by atoms with van der Waals surface area (Å²) in [6.07, 6.45) is 0. The van der Waals surface area contributed by atoms with Crippen LogP contribution in [0.3, 0.4) is 0 Å². The van der Waals surface area contributed by atoms with Crippen LogP contribution in [0.1, 0.15) is 5.56 Å². The van der Waals surface area contributed by atoms with E-state index in [1.165, 1.54) is 12.1 Å². The molecular formula is C13H12BrN3O2S2. The van der Waals surface area contributed by atoms with Crippen LogP contribution in [0.2, 0.25) is 0 Å². The molecule has 0 aliphatic carbocycles. The number of nitrogens with one attached hydrogen (secondary N) is 1. The SMILES string of the molecule is NC(=S)c1c(Br)cccc1Nc1ccc(S(N)(=O)=O)cc1. The highest BCUT2D eigenvalue weighted by Gasteiger charge is 2.11. The lowest BCUT2D eigenvalue weighted by Crippen LogP contribution is -2.13. The van der Waals surface area contributed by atoms with Crippen molar-refractivity contribution in [2.24, 2.45) is 10.9 Å². The van der Waals surface area contributed by atoms with Crippen molar-refractivity contribution in [3.63, 3.8) is 0 Å². The lowest BCUT2D eigenvalue weighted by atomic mass is 10.1. The topological polar surface area (TPSA) is 98.2 Å². The summed E-state index contributed by atoms with van der Waals surface area (Å²) in [7, 11) is -3.70. The Kier molecular flexibility index (Phi) is 4.62. The van der Waals surface area contributed by atoms with E-state index in [0.29, 0.717) is 11.3 Å². The van der Waals surface area contributed by atoms with E-state index in [1.54, 1.807) is 12.1 Å². The van der Waals surface area contributed by atoms with Gasteiger partial charge in [-0.1, -0.05) is 18.3 Å². The summed E-state index contributed by atoms with van der Waals surface area (Å²) in [5, 5.41) is 8.20. The smallest absolute Gasteiger partial charge is 0.238 e. The standard InChI is InChI=1S/C13H12BrN3O2S2/c14-10-2-1-3-11(12(10)13(15)20)17-8-4-6-9(7-5-8)21(16,18)19/h1-7,17H,(H2,15,20)(H2,16,18,19). The molecular weight excluding hydrogens is 374 g/mol. The van der Waals surface area contributed by atoms with Gasteiger partial charge >= 0.3 is 0 Å². The average molecular weight is 386 g/mol. The number of thiocarbonyl (C=S) groups is 1. The largest absolute Gasteiger partial charge is 0.389 e. The fraction of sp³-hybridized carbons (Fsp3) is 0. The molecule has 2 aromatic rings. The van der Waals surface area contributed by atoms with Gasteiger partial charge in [-0.15, -0.1) is 0 Å². The molecule has 0 aliphatic heterocycles. The quantitative estimate of drug-likeness (QED) is 0.702. The van der Waals surface area contributed by atoms with Crippen molar-refractivity contribution >= 4 is 54.5 Å². The molecule has 0 aliphatic rings. The summed E-state index contributed by atoms with van der Waals surface area (Å²) in [6.45, 7) is 0. The van der Waals surface area contributed by atoms with Crippen molar-refractivity contribution in [1.29, 1.82) is 0 Å². The summed E-state index contributed by atoms with van der Waals surface area (Å²) in [4.78, 5) is 0.308. The van der Waals surface area contributed by atoms with E-state index in [0.717, 1.165) is 10.2 Å². The van der Waals surface area contributed by atoms with Gasteiger partial charge in [-0.3, -0.25) is 0 Å². The van der Waals surface area contributed by atoms with Crippen molar-refractivity contribution in [3.8, 4) is 0 Å². The first-order valence-corrected chi connectivity index (χ1v) is 8.52. The molecule has 5 nitrogen and oxygen atoms in total. The molecule has 2 rings (SSSR count). The summed E-state index contributed by atoms with van der Waals surface area (Å²) in [6, 6.07) is 11.6. The zero-order valence-corrected chi connectivity index (χ0v) is 13.9. The molecule has 0 saturated heterocycles. The molecule has 0 bridgehead atoms. The number of halogens is 1. The Bertz CT molecular complexity index is 790. The highest BCUT2D eigenvalue weighted by Crippen LogP contribution is 2.27. The molecule has 0 saturated carbocycles. The minimum Gasteiger partial charge on any atom is -0.389 e. The fourth-order valence-corrected chi connectivity index (χ4v) is 3.21. The second-order valence-corrected chi connectivity index (χ2v) is 7.08. The first-order valence-electron chi connectivity index (χ1n) is 5.77. The molecule has 0 atom stereocenters. The van der Waals surface area contributed by atoms with Crippen LogP contribution in [0.5, 0.6) is 0 Å². The van der Waals surface area contributed by atoms with E-state index in [-0.39, 0.29) is 9.88 Å². The number of benzene rings is 2.